The molecule has 2 aliphatic carbocycles. The molecule has 0 atom stereocenters. The Hall–Kier alpha value is -2.82. The van der Waals surface area contributed by atoms with Gasteiger partial charge in [-0.25, -0.2) is 4.79 Å². The summed E-state index contributed by atoms with van der Waals surface area (Å²) in [5.41, 5.74) is 4.67. The van der Waals surface area contributed by atoms with Crippen LogP contribution in [0.5, 0.6) is 0 Å². The van der Waals surface area contributed by atoms with Crippen LogP contribution in [0.15, 0.2) is 48.5 Å². The highest BCUT2D eigenvalue weighted by Crippen LogP contribution is 2.47. The summed E-state index contributed by atoms with van der Waals surface area (Å²) in [7, 11) is 0. The zero-order valence-electron chi connectivity index (χ0n) is 16.3. The van der Waals surface area contributed by atoms with Gasteiger partial charge in [-0.1, -0.05) is 48.5 Å². The number of hydrogen-bond donors (Lipinski definition) is 1. The van der Waals surface area contributed by atoms with Gasteiger partial charge in [0, 0.05) is 18.0 Å². The van der Waals surface area contributed by atoms with Crippen molar-refractivity contribution in [1.82, 2.24) is 4.90 Å². The minimum atomic E-state index is -0.716. The van der Waals surface area contributed by atoms with E-state index < -0.39 is 5.97 Å². The van der Waals surface area contributed by atoms with Crippen LogP contribution in [0.1, 0.15) is 49.1 Å². The first-order chi connectivity index (χ1) is 14.1. The Morgan fingerprint density at radius 3 is 2.07 bits per heavy atom. The number of carbonyl (C=O) groups excluding carboxylic acids is 1. The Labute approximate surface area is 170 Å². The van der Waals surface area contributed by atoms with Crippen molar-refractivity contribution in [3.05, 3.63) is 59.7 Å². The molecular weight excluding hydrogens is 366 g/mol. The molecule has 2 fully saturated rings. The van der Waals surface area contributed by atoms with Crippen molar-refractivity contribution < 1.29 is 19.4 Å². The van der Waals surface area contributed by atoms with Crippen LogP contribution in [0.25, 0.3) is 11.1 Å². The van der Waals surface area contributed by atoms with E-state index >= 15 is 0 Å². The molecule has 0 unspecified atom stereocenters. The summed E-state index contributed by atoms with van der Waals surface area (Å²) < 4.78 is 5.82. The molecule has 0 radical (unpaired) electrons. The summed E-state index contributed by atoms with van der Waals surface area (Å²) in [6.45, 7) is 1.03. The van der Waals surface area contributed by atoms with Crippen LogP contribution in [0.3, 0.4) is 0 Å². The third-order valence-corrected chi connectivity index (χ3v) is 7.20. The molecule has 0 bridgehead atoms. The molecule has 5 nitrogen and oxygen atoms in total. The Balaban J connectivity index is 1.28. The minimum absolute atomic E-state index is 0.0614. The second-order valence-electron chi connectivity index (χ2n) is 8.54. The van der Waals surface area contributed by atoms with Gasteiger partial charge in [0.15, 0.2) is 0 Å². The first-order valence-electron chi connectivity index (χ1n) is 10.4. The van der Waals surface area contributed by atoms with Gasteiger partial charge in [-0.2, -0.15) is 0 Å². The maximum atomic E-state index is 12.9. The lowest BCUT2D eigenvalue weighted by atomic mass is 9.69. The van der Waals surface area contributed by atoms with Gasteiger partial charge < -0.3 is 14.7 Å². The topological polar surface area (TPSA) is 66.8 Å². The van der Waals surface area contributed by atoms with Crippen LogP contribution in [0.4, 0.5) is 4.79 Å². The van der Waals surface area contributed by atoms with Crippen LogP contribution in [-0.2, 0) is 9.53 Å². The SMILES string of the molecule is O=C(O)C1CCC2(CC1)CCN2C(=O)OCC1c2ccccc2-c2ccccc21. The first kappa shape index (κ1) is 18.2. The standard InChI is InChI=1S/C24H25NO4/c26-22(27)16-9-11-24(12-10-16)13-14-25(24)23(28)29-15-21-19-7-3-1-5-17(19)18-6-2-4-8-20(18)21/h1-8,16,21H,9-15H2,(H,26,27). The van der Waals surface area contributed by atoms with Crippen molar-refractivity contribution in [1.29, 1.82) is 0 Å². The maximum absolute atomic E-state index is 12.9. The number of ether oxygens (including phenoxy) is 1. The van der Waals surface area contributed by atoms with Crippen molar-refractivity contribution >= 4 is 12.1 Å². The Bertz CT molecular complexity index is 915. The number of nitrogens with zero attached hydrogens (tertiary/aromatic N) is 1. The average molecular weight is 391 g/mol. The molecular formula is C24H25NO4. The molecule has 1 spiro atoms. The van der Waals surface area contributed by atoms with Crippen LogP contribution in [-0.4, -0.2) is 40.8 Å². The number of rotatable bonds is 3. The van der Waals surface area contributed by atoms with Crippen molar-refractivity contribution in [3.63, 3.8) is 0 Å². The number of carbonyl (C=O) groups is 2. The molecule has 5 rings (SSSR count). The van der Waals surface area contributed by atoms with E-state index in [0.717, 1.165) is 19.3 Å². The van der Waals surface area contributed by atoms with Gasteiger partial charge >= 0.3 is 12.1 Å². The number of likely N-dealkylation sites (tertiary alicyclic amines) is 1. The molecule has 2 aromatic rings. The fraction of sp³-hybridized carbons (Fsp3) is 0.417. The van der Waals surface area contributed by atoms with Crippen LogP contribution >= 0.6 is 0 Å². The molecule has 1 heterocycles. The maximum Gasteiger partial charge on any atom is 0.410 e. The summed E-state index contributed by atoms with van der Waals surface area (Å²) in [5, 5.41) is 9.23. The molecule has 3 aliphatic rings. The van der Waals surface area contributed by atoms with Gasteiger partial charge in [0.2, 0.25) is 0 Å². The lowest BCUT2D eigenvalue weighted by Crippen LogP contribution is -2.63. The van der Waals surface area contributed by atoms with E-state index in [9.17, 15) is 14.7 Å². The van der Waals surface area contributed by atoms with E-state index in [2.05, 4.69) is 24.3 Å². The highest BCUT2D eigenvalue weighted by molar-refractivity contribution is 5.79. The lowest BCUT2D eigenvalue weighted by molar-refractivity contribution is -0.144. The van der Waals surface area contributed by atoms with Crippen LogP contribution < -0.4 is 0 Å². The molecule has 150 valence electrons. The number of aliphatic carboxylic acids is 1. The summed E-state index contributed by atoms with van der Waals surface area (Å²) >= 11 is 0. The second kappa shape index (κ2) is 6.90. The molecule has 1 amide bonds. The van der Waals surface area contributed by atoms with E-state index in [1.807, 2.05) is 29.2 Å². The third-order valence-electron chi connectivity index (χ3n) is 7.20. The minimum Gasteiger partial charge on any atom is -0.481 e. The normalized spacial score (nSPS) is 25.2. The smallest absolute Gasteiger partial charge is 0.410 e. The number of fused-ring (bicyclic) bond motifs is 3. The van der Waals surface area contributed by atoms with Crippen molar-refractivity contribution in [2.75, 3.05) is 13.2 Å². The molecule has 29 heavy (non-hydrogen) atoms. The van der Waals surface area contributed by atoms with Crippen molar-refractivity contribution in [3.8, 4) is 11.1 Å². The largest absolute Gasteiger partial charge is 0.481 e. The summed E-state index contributed by atoms with van der Waals surface area (Å²) in [6.07, 6.45) is 3.49. The molecule has 1 aliphatic heterocycles. The quantitative estimate of drug-likeness (QED) is 0.827. The number of hydrogen-bond acceptors (Lipinski definition) is 3. The van der Waals surface area contributed by atoms with E-state index in [1.165, 1.54) is 22.3 Å². The predicted molar refractivity (Wildman–Crippen MR) is 109 cm³/mol. The molecule has 2 aromatic carbocycles. The summed E-state index contributed by atoms with van der Waals surface area (Å²) in [4.78, 5) is 26.0. The first-order valence-corrected chi connectivity index (χ1v) is 10.4. The van der Waals surface area contributed by atoms with Gasteiger partial charge in [0.25, 0.3) is 0 Å². The predicted octanol–water partition coefficient (Wildman–Crippen LogP) is 4.65. The third kappa shape index (κ3) is 2.91. The molecule has 0 aromatic heterocycles. The van der Waals surface area contributed by atoms with Crippen molar-refractivity contribution in [2.24, 2.45) is 5.92 Å². The van der Waals surface area contributed by atoms with Gasteiger partial charge in [-0.15, -0.1) is 0 Å². The zero-order chi connectivity index (χ0) is 20.0. The van der Waals surface area contributed by atoms with Gasteiger partial charge in [0.1, 0.15) is 6.61 Å². The monoisotopic (exact) mass is 391 g/mol. The van der Waals surface area contributed by atoms with Gasteiger partial charge in [-0.05, 0) is 54.4 Å². The number of benzene rings is 2. The van der Waals surface area contributed by atoms with E-state index in [4.69, 9.17) is 4.74 Å². The highest BCUT2D eigenvalue weighted by Gasteiger charge is 2.50. The molecule has 1 saturated carbocycles. The van der Waals surface area contributed by atoms with E-state index in [-0.39, 0.29) is 23.5 Å². The average Bonchev–Trinajstić information content (AvgIpc) is 3.05. The van der Waals surface area contributed by atoms with E-state index in [0.29, 0.717) is 26.0 Å². The van der Waals surface area contributed by atoms with Gasteiger partial charge in [-0.3, -0.25) is 4.79 Å². The van der Waals surface area contributed by atoms with E-state index in [1.54, 1.807) is 0 Å². The van der Waals surface area contributed by atoms with Crippen molar-refractivity contribution in [2.45, 2.75) is 43.6 Å². The van der Waals surface area contributed by atoms with Gasteiger partial charge in [0.05, 0.1) is 5.92 Å². The summed E-state index contributed by atoms with van der Waals surface area (Å²) in [5.74, 6) is -0.927. The molecule has 1 saturated heterocycles. The molecule has 5 heteroatoms. The Morgan fingerprint density at radius 1 is 0.966 bits per heavy atom. The fourth-order valence-corrected chi connectivity index (χ4v) is 5.42. The lowest BCUT2D eigenvalue weighted by Gasteiger charge is -2.54. The number of amides is 1. The number of carboxylic acids is 1. The van der Waals surface area contributed by atoms with Crippen LogP contribution in [0.2, 0.25) is 0 Å². The second-order valence-corrected chi connectivity index (χ2v) is 8.54. The Morgan fingerprint density at radius 2 is 1.55 bits per heavy atom. The fourth-order valence-electron chi connectivity index (χ4n) is 5.42. The zero-order valence-corrected chi connectivity index (χ0v) is 16.3. The Kier molecular flexibility index (Phi) is 4.34. The van der Waals surface area contributed by atoms with Crippen LogP contribution in [0, 0.1) is 5.92 Å². The highest BCUT2D eigenvalue weighted by atomic mass is 16.6. The number of carboxylic acid groups (broad SMARTS) is 1. The summed E-state index contributed by atoms with van der Waals surface area (Å²) in [6, 6.07) is 16.6. The molecule has 1 N–H and O–H groups in total.